The number of sulfonamides is 1. The molecule has 168 valence electrons. The number of aryl methyl sites for hydroxylation is 1. The Morgan fingerprint density at radius 2 is 1.48 bits per heavy atom. The molecule has 0 spiro atoms. The lowest BCUT2D eigenvalue weighted by molar-refractivity contribution is 0.0847. The van der Waals surface area contributed by atoms with Crippen LogP contribution in [0.4, 0.5) is 10.1 Å². The van der Waals surface area contributed by atoms with Crippen LogP contribution in [0.1, 0.15) is 20.7 Å². The van der Waals surface area contributed by atoms with E-state index in [9.17, 15) is 22.4 Å². The fourth-order valence-corrected chi connectivity index (χ4v) is 4.38. The number of hydrazine groups is 1. The Labute approximate surface area is 189 Å². The van der Waals surface area contributed by atoms with E-state index in [1.165, 1.54) is 42.5 Å². The molecule has 0 aliphatic heterocycles. The Morgan fingerprint density at radius 1 is 0.848 bits per heavy atom. The summed E-state index contributed by atoms with van der Waals surface area (Å²) in [5.41, 5.74) is 5.88. The van der Waals surface area contributed by atoms with Crippen molar-refractivity contribution >= 4 is 38.4 Å². The topological polar surface area (TPSA) is 109 Å². The van der Waals surface area contributed by atoms with Gasteiger partial charge in [-0.25, -0.2) is 12.8 Å². The first-order valence-corrected chi connectivity index (χ1v) is 11.3. The van der Waals surface area contributed by atoms with E-state index in [0.29, 0.717) is 5.56 Å². The van der Waals surface area contributed by atoms with Gasteiger partial charge in [-0.2, -0.15) is 0 Å². The lowest BCUT2D eigenvalue weighted by Gasteiger charge is -2.10. The van der Waals surface area contributed by atoms with E-state index >= 15 is 0 Å². The van der Waals surface area contributed by atoms with Crippen LogP contribution in [0.5, 0.6) is 0 Å². The number of anilines is 1. The number of carbonyl (C=O) groups excluding carboxylic acids is 2. The number of halogens is 1. The molecule has 4 rings (SSSR count). The summed E-state index contributed by atoms with van der Waals surface area (Å²) in [7, 11) is -2.24. The van der Waals surface area contributed by atoms with Crippen molar-refractivity contribution in [3.8, 4) is 0 Å². The number of aromatic nitrogens is 1. The van der Waals surface area contributed by atoms with Gasteiger partial charge in [-0.1, -0.05) is 30.3 Å². The van der Waals surface area contributed by atoms with Gasteiger partial charge in [0.1, 0.15) is 5.82 Å². The standard InChI is InChI=1S/C23H19FN4O4S/c1-28-14-18(17-6-2-5-9-21(17)28)23(30)26-25-22(29)15-10-12-16(13-11-15)33(31,32)27-20-8-4-3-7-19(20)24/h2-14,27H,1H3,(H,25,29)(H,26,30). The smallest absolute Gasteiger partial charge is 0.271 e. The molecule has 33 heavy (non-hydrogen) atoms. The number of hydrogen-bond donors (Lipinski definition) is 3. The van der Waals surface area contributed by atoms with Gasteiger partial charge < -0.3 is 4.57 Å². The molecule has 2 amide bonds. The molecule has 0 unspecified atom stereocenters. The fraction of sp³-hybridized carbons (Fsp3) is 0.0435. The summed E-state index contributed by atoms with van der Waals surface area (Å²) in [6, 6.07) is 17.7. The zero-order valence-corrected chi connectivity index (χ0v) is 18.2. The van der Waals surface area contributed by atoms with E-state index in [-0.39, 0.29) is 16.1 Å². The predicted molar refractivity (Wildman–Crippen MR) is 122 cm³/mol. The zero-order valence-electron chi connectivity index (χ0n) is 17.4. The minimum Gasteiger partial charge on any atom is -0.350 e. The molecule has 1 aromatic heterocycles. The van der Waals surface area contributed by atoms with Crippen molar-refractivity contribution in [3.63, 3.8) is 0 Å². The molecule has 0 aliphatic rings. The lowest BCUT2D eigenvalue weighted by Crippen LogP contribution is -2.41. The SMILES string of the molecule is Cn1cc(C(=O)NNC(=O)c2ccc(S(=O)(=O)Nc3ccccc3F)cc2)c2ccccc21. The molecule has 0 atom stereocenters. The Bertz CT molecular complexity index is 1460. The quantitative estimate of drug-likeness (QED) is 0.393. The van der Waals surface area contributed by atoms with Gasteiger partial charge in [0.2, 0.25) is 0 Å². The molecule has 0 bridgehead atoms. The molecule has 0 radical (unpaired) electrons. The van der Waals surface area contributed by atoms with Crippen molar-refractivity contribution in [2.75, 3.05) is 4.72 Å². The third-order valence-electron chi connectivity index (χ3n) is 4.98. The Balaban J connectivity index is 1.43. The van der Waals surface area contributed by atoms with Crippen molar-refractivity contribution in [3.05, 3.63) is 95.9 Å². The number of rotatable bonds is 5. The Morgan fingerprint density at radius 3 is 2.21 bits per heavy atom. The molecule has 0 fully saturated rings. The van der Waals surface area contributed by atoms with Gasteiger partial charge >= 0.3 is 0 Å². The van der Waals surface area contributed by atoms with Gasteiger partial charge in [-0.05, 0) is 42.5 Å². The van der Waals surface area contributed by atoms with Crippen molar-refractivity contribution < 1.29 is 22.4 Å². The van der Waals surface area contributed by atoms with E-state index in [2.05, 4.69) is 15.6 Å². The van der Waals surface area contributed by atoms with Crippen LogP contribution in [0.3, 0.4) is 0 Å². The fourth-order valence-electron chi connectivity index (χ4n) is 3.31. The van der Waals surface area contributed by atoms with Crippen molar-refractivity contribution in [2.45, 2.75) is 4.90 Å². The maximum atomic E-state index is 13.8. The summed E-state index contributed by atoms with van der Waals surface area (Å²) < 4.78 is 42.7. The summed E-state index contributed by atoms with van der Waals surface area (Å²) in [4.78, 5) is 24.8. The summed E-state index contributed by atoms with van der Waals surface area (Å²) in [6.07, 6.45) is 1.66. The third kappa shape index (κ3) is 4.55. The number of nitrogens with one attached hydrogen (secondary N) is 3. The van der Waals surface area contributed by atoms with Gasteiger partial charge in [0, 0.05) is 29.7 Å². The molecule has 0 saturated heterocycles. The number of carbonyl (C=O) groups is 2. The van der Waals surface area contributed by atoms with Crippen LogP contribution < -0.4 is 15.6 Å². The first-order chi connectivity index (χ1) is 15.8. The number of hydrogen-bond acceptors (Lipinski definition) is 4. The largest absolute Gasteiger partial charge is 0.350 e. The molecular formula is C23H19FN4O4S. The van der Waals surface area contributed by atoms with Gasteiger partial charge in [0.05, 0.1) is 16.1 Å². The van der Waals surface area contributed by atoms with Crippen molar-refractivity contribution in [2.24, 2.45) is 7.05 Å². The van der Waals surface area contributed by atoms with Gasteiger partial charge in [-0.15, -0.1) is 0 Å². The van der Waals surface area contributed by atoms with E-state index in [1.807, 2.05) is 25.2 Å². The van der Waals surface area contributed by atoms with Crippen LogP contribution in [0, 0.1) is 5.82 Å². The first kappa shape index (κ1) is 22.0. The van der Waals surface area contributed by atoms with Crippen LogP contribution in [0.25, 0.3) is 10.9 Å². The molecule has 3 aromatic carbocycles. The summed E-state index contributed by atoms with van der Waals surface area (Å²) >= 11 is 0. The average molecular weight is 466 g/mol. The molecule has 10 heteroatoms. The van der Waals surface area contributed by atoms with E-state index < -0.39 is 27.7 Å². The van der Waals surface area contributed by atoms with Gasteiger partial charge in [0.15, 0.2) is 0 Å². The second kappa shape index (κ2) is 8.75. The highest BCUT2D eigenvalue weighted by Gasteiger charge is 2.18. The minimum atomic E-state index is -4.05. The number of amides is 2. The monoisotopic (exact) mass is 466 g/mol. The lowest BCUT2D eigenvalue weighted by atomic mass is 10.2. The molecule has 8 nitrogen and oxygen atoms in total. The summed E-state index contributed by atoms with van der Waals surface area (Å²) in [5.74, 6) is -1.83. The number of benzene rings is 3. The minimum absolute atomic E-state index is 0.123. The highest BCUT2D eigenvalue weighted by atomic mass is 32.2. The van der Waals surface area contributed by atoms with Gasteiger partial charge in [0.25, 0.3) is 21.8 Å². The summed E-state index contributed by atoms with van der Waals surface area (Å²) in [6.45, 7) is 0. The normalized spacial score (nSPS) is 11.2. The summed E-state index contributed by atoms with van der Waals surface area (Å²) in [5, 5.41) is 0.740. The van der Waals surface area contributed by atoms with Crippen molar-refractivity contribution in [1.82, 2.24) is 15.4 Å². The van der Waals surface area contributed by atoms with Crippen LogP contribution in [0.2, 0.25) is 0 Å². The second-order valence-corrected chi connectivity index (χ2v) is 8.87. The second-order valence-electron chi connectivity index (χ2n) is 7.19. The van der Waals surface area contributed by atoms with Crippen LogP contribution in [-0.4, -0.2) is 24.8 Å². The molecule has 4 aromatic rings. The molecule has 3 N–H and O–H groups in total. The van der Waals surface area contributed by atoms with E-state index in [0.717, 1.165) is 17.0 Å². The zero-order chi connectivity index (χ0) is 23.6. The van der Waals surface area contributed by atoms with Crippen LogP contribution >= 0.6 is 0 Å². The van der Waals surface area contributed by atoms with Crippen molar-refractivity contribution in [1.29, 1.82) is 0 Å². The highest BCUT2D eigenvalue weighted by Crippen LogP contribution is 2.21. The van der Waals surface area contributed by atoms with Crippen LogP contribution in [0.15, 0.2) is 83.9 Å². The highest BCUT2D eigenvalue weighted by molar-refractivity contribution is 7.92. The Hall–Kier alpha value is -4.18. The molecule has 0 aliphatic carbocycles. The molecule has 1 heterocycles. The molecular weight excluding hydrogens is 447 g/mol. The van der Waals surface area contributed by atoms with Crippen LogP contribution in [-0.2, 0) is 17.1 Å². The molecule has 0 saturated carbocycles. The number of para-hydroxylation sites is 2. The number of nitrogens with zero attached hydrogens (tertiary/aromatic N) is 1. The number of fused-ring (bicyclic) bond motifs is 1. The average Bonchev–Trinajstić information content (AvgIpc) is 3.15. The Kier molecular flexibility index (Phi) is 5.84. The maximum Gasteiger partial charge on any atom is 0.271 e. The van der Waals surface area contributed by atoms with E-state index in [4.69, 9.17) is 0 Å². The third-order valence-corrected chi connectivity index (χ3v) is 6.36. The first-order valence-electron chi connectivity index (χ1n) is 9.78. The van der Waals surface area contributed by atoms with E-state index in [1.54, 1.807) is 16.8 Å². The predicted octanol–water partition coefficient (Wildman–Crippen LogP) is 3.19. The maximum absolute atomic E-state index is 13.8. The van der Waals surface area contributed by atoms with Gasteiger partial charge in [-0.3, -0.25) is 25.2 Å².